The maximum atomic E-state index is 12.0. The molecule has 0 saturated heterocycles. The van der Waals surface area contributed by atoms with E-state index in [1.54, 1.807) is 0 Å². The molecule has 0 radical (unpaired) electrons. The van der Waals surface area contributed by atoms with Gasteiger partial charge in [-0.3, -0.25) is 14.4 Å². The molecule has 0 saturated carbocycles. The number of carboxylic acids is 3. The number of nitrogens with two attached hydrogens (primary N) is 3. The Labute approximate surface area is 126 Å². The molecule has 0 unspecified atom stereocenters. The number of ketones is 1. The van der Waals surface area contributed by atoms with Gasteiger partial charge in [0.1, 0.15) is 11.8 Å². The van der Waals surface area contributed by atoms with Crippen molar-refractivity contribution >= 4 is 23.7 Å². The SMILES string of the molecule is N[C@@H](CCC(=O)[C@@H](CCC(N)(N)C(=O)O)CC(=O)O)C(=O)O. The van der Waals surface area contributed by atoms with Gasteiger partial charge in [-0.15, -0.1) is 0 Å². The number of Topliss-reactive ketones (excluding diaryl/α,β-unsaturated/α-hetero) is 1. The summed E-state index contributed by atoms with van der Waals surface area (Å²) in [4.78, 5) is 44.1. The number of hydrogen-bond donors (Lipinski definition) is 6. The number of carboxylic acid groups (broad SMARTS) is 3. The second-order valence-corrected chi connectivity index (χ2v) is 5.13. The van der Waals surface area contributed by atoms with Crippen molar-refractivity contribution in [3.8, 4) is 0 Å². The molecule has 0 aliphatic carbocycles. The smallest absolute Gasteiger partial charge is 0.338 e. The first-order chi connectivity index (χ1) is 9.97. The average Bonchev–Trinajstić information content (AvgIpc) is 2.39. The van der Waals surface area contributed by atoms with E-state index in [0.717, 1.165) is 0 Å². The molecule has 0 aromatic rings. The Morgan fingerprint density at radius 3 is 1.95 bits per heavy atom. The van der Waals surface area contributed by atoms with Crippen LogP contribution in [0.15, 0.2) is 0 Å². The Hall–Kier alpha value is -2.04. The van der Waals surface area contributed by atoms with Crippen molar-refractivity contribution in [2.75, 3.05) is 0 Å². The zero-order chi connectivity index (χ0) is 17.5. The highest BCUT2D eigenvalue weighted by atomic mass is 16.4. The Kier molecular flexibility index (Phi) is 7.63. The Morgan fingerprint density at radius 1 is 1.00 bits per heavy atom. The minimum absolute atomic E-state index is 0.132. The van der Waals surface area contributed by atoms with Gasteiger partial charge in [0.2, 0.25) is 0 Å². The van der Waals surface area contributed by atoms with E-state index in [-0.39, 0.29) is 25.7 Å². The van der Waals surface area contributed by atoms with Gasteiger partial charge in [0, 0.05) is 12.3 Å². The standard InChI is InChI=1S/C12H21N3O7/c13-7(10(19)20)1-2-8(16)6(5-9(17)18)3-4-12(14,15)11(21)22/h6-7H,1-5,13-15H2,(H,17,18)(H,19,20)(H,21,22)/t6-,7-/m0/s1. The minimum Gasteiger partial charge on any atom is -0.481 e. The number of hydrogen-bond acceptors (Lipinski definition) is 7. The molecule has 0 aromatic carbocycles. The Bertz CT molecular complexity index is 450. The summed E-state index contributed by atoms with van der Waals surface area (Å²) in [6.45, 7) is 0. The maximum absolute atomic E-state index is 12.0. The van der Waals surface area contributed by atoms with Crippen LogP contribution in [0.4, 0.5) is 0 Å². The summed E-state index contributed by atoms with van der Waals surface area (Å²) >= 11 is 0. The van der Waals surface area contributed by atoms with E-state index in [2.05, 4.69) is 0 Å². The van der Waals surface area contributed by atoms with Crippen molar-refractivity contribution < 1.29 is 34.5 Å². The van der Waals surface area contributed by atoms with Crippen molar-refractivity contribution in [3.05, 3.63) is 0 Å². The zero-order valence-corrected chi connectivity index (χ0v) is 11.9. The number of rotatable bonds is 11. The quantitative estimate of drug-likeness (QED) is 0.238. The van der Waals surface area contributed by atoms with Crippen LogP contribution in [0.3, 0.4) is 0 Å². The van der Waals surface area contributed by atoms with Gasteiger partial charge in [0.05, 0.1) is 6.42 Å². The van der Waals surface area contributed by atoms with Crippen LogP contribution in [0.5, 0.6) is 0 Å². The molecular formula is C12H21N3O7. The summed E-state index contributed by atoms with van der Waals surface area (Å²) in [6, 6.07) is -1.23. The summed E-state index contributed by atoms with van der Waals surface area (Å²) in [5, 5.41) is 26.2. The predicted octanol–water partition coefficient (Wildman–Crippen LogP) is -1.68. The van der Waals surface area contributed by atoms with E-state index in [1.165, 1.54) is 0 Å². The van der Waals surface area contributed by atoms with Gasteiger partial charge in [-0.25, -0.2) is 4.79 Å². The van der Waals surface area contributed by atoms with Gasteiger partial charge in [-0.1, -0.05) is 0 Å². The molecule has 0 aliphatic heterocycles. The molecule has 9 N–H and O–H groups in total. The molecule has 2 atom stereocenters. The van der Waals surface area contributed by atoms with Gasteiger partial charge < -0.3 is 32.5 Å². The lowest BCUT2D eigenvalue weighted by Crippen LogP contribution is -2.56. The third kappa shape index (κ3) is 7.11. The van der Waals surface area contributed by atoms with Gasteiger partial charge in [-0.05, 0) is 19.3 Å². The molecular weight excluding hydrogens is 298 g/mol. The topological polar surface area (TPSA) is 207 Å². The fourth-order valence-corrected chi connectivity index (χ4v) is 1.73. The number of carbonyl (C=O) groups excluding carboxylic acids is 1. The molecule has 22 heavy (non-hydrogen) atoms. The molecule has 0 bridgehead atoms. The molecule has 10 nitrogen and oxygen atoms in total. The van der Waals surface area contributed by atoms with Gasteiger partial charge in [0.15, 0.2) is 5.66 Å². The summed E-state index contributed by atoms with van der Waals surface area (Å²) in [5.74, 6) is -5.49. The van der Waals surface area contributed by atoms with Crippen molar-refractivity contribution in [2.45, 2.75) is 43.8 Å². The molecule has 0 spiro atoms. The first kappa shape index (κ1) is 20.0. The average molecular weight is 319 g/mol. The van der Waals surface area contributed by atoms with Crippen molar-refractivity contribution in [1.82, 2.24) is 0 Å². The van der Waals surface area contributed by atoms with Crippen LogP contribution in [-0.4, -0.2) is 50.7 Å². The highest BCUT2D eigenvalue weighted by molar-refractivity contribution is 5.85. The highest BCUT2D eigenvalue weighted by Crippen LogP contribution is 2.19. The molecule has 0 amide bonds. The van der Waals surface area contributed by atoms with E-state index < -0.39 is 47.7 Å². The van der Waals surface area contributed by atoms with Crippen molar-refractivity contribution in [2.24, 2.45) is 23.1 Å². The van der Waals surface area contributed by atoms with E-state index in [1.807, 2.05) is 0 Å². The highest BCUT2D eigenvalue weighted by Gasteiger charge is 2.32. The lowest BCUT2D eigenvalue weighted by molar-refractivity contribution is -0.144. The van der Waals surface area contributed by atoms with Crippen molar-refractivity contribution in [1.29, 1.82) is 0 Å². The van der Waals surface area contributed by atoms with Gasteiger partial charge >= 0.3 is 17.9 Å². The van der Waals surface area contributed by atoms with E-state index >= 15 is 0 Å². The Morgan fingerprint density at radius 2 is 1.55 bits per heavy atom. The van der Waals surface area contributed by atoms with Crippen LogP contribution >= 0.6 is 0 Å². The first-order valence-corrected chi connectivity index (χ1v) is 6.51. The largest absolute Gasteiger partial charge is 0.481 e. The zero-order valence-electron chi connectivity index (χ0n) is 11.9. The Balaban J connectivity index is 4.69. The lowest BCUT2D eigenvalue weighted by atomic mass is 9.88. The normalized spacial score (nSPS) is 14.1. The summed E-state index contributed by atoms with van der Waals surface area (Å²) in [5.41, 5.74) is 13.8. The minimum atomic E-state index is -2.06. The van der Waals surface area contributed by atoms with Gasteiger partial charge in [0.25, 0.3) is 0 Å². The van der Waals surface area contributed by atoms with Crippen LogP contribution in [0.1, 0.15) is 32.1 Å². The number of carbonyl (C=O) groups is 4. The molecule has 0 rings (SSSR count). The molecule has 0 aromatic heterocycles. The molecule has 0 fully saturated rings. The van der Waals surface area contributed by atoms with Crippen LogP contribution in [0.2, 0.25) is 0 Å². The lowest BCUT2D eigenvalue weighted by Gasteiger charge is -2.22. The van der Waals surface area contributed by atoms with E-state index in [4.69, 9.17) is 32.5 Å². The monoisotopic (exact) mass is 319 g/mol. The molecule has 0 aliphatic rings. The second-order valence-electron chi connectivity index (χ2n) is 5.13. The second kappa shape index (κ2) is 8.41. The van der Waals surface area contributed by atoms with E-state index in [9.17, 15) is 19.2 Å². The fourth-order valence-electron chi connectivity index (χ4n) is 1.73. The predicted molar refractivity (Wildman–Crippen MR) is 73.6 cm³/mol. The van der Waals surface area contributed by atoms with Crippen LogP contribution in [0, 0.1) is 5.92 Å². The third-order valence-electron chi connectivity index (χ3n) is 3.20. The number of aliphatic carboxylic acids is 3. The summed E-state index contributed by atoms with van der Waals surface area (Å²) in [6.07, 6.45) is -1.30. The summed E-state index contributed by atoms with van der Waals surface area (Å²) < 4.78 is 0. The fraction of sp³-hybridized carbons (Fsp3) is 0.667. The van der Waals surface area contributed by atoms with Crippen LogP contribution in [-0.2, 0) is 19.2 Å². The maximum Gasteiger partial charge on any atom is 0.338 e. The third-order valence-corrected chi connectivity index (χ3v) is 3.20. The van der Waals surface area contributed by atoms with Gasteiger partial charge in [-0.2, -0.15) is 0 Å². The first-order valence-electron chi connectivity index (χ1n) is 6.51. The van der Waals surface area contributed by atoms with Crippen LogP contribution in [0.25, 0.3) is 0 Å². The molecule has 0 heterocycles. The summed E-state index contributed by atoms with van der Waals surface area (Å²) in [7, 11) is 0. The van der Waals surface area contributed by atoms with E-state index in [0.29, 0.717) is 0 Å². The van der Waals surface area contributed by atoms with Crippen LogP contribution < -0.4 is 17.2 Å². The molecule has 126 valence electrons. The van der Waals surface area contributed by atoms with Crippen molar-refractivity contribution in [3.63, 3.8) is 0 Å². The molecule has 10 heteroatoms.